The van der Waals surface area contributed by atoms with Crippen molar-refractivity contribution in [3.63, 3.8) is 0 Å². The zero-order valence-corrected chi connectivity index (χ0v) is 28.7. The van der Waals surface area contributed by atoms with Crippen LogP contribution in [0.2, 0.25) is 0 Å². The molecule has 2 saturated heterocycles. The van der Waals surface area contributed by atoms with E-state index in [0.717, 1.165) is 62.7 Å². The highest BCUT2D eigenvalue weighted by Gasteiger charge is 2.45. The quantitative estimate of drug-likeness (QED) is 0.317. The Hall–Kier alpha value is -3.30. The predicted octanol–water partition coefficient (Wildman–Crippen LogP) is 5.40. The maximum absolute atomic E-state index is 14.5. The van der Waals surface area contributed by atoms with Gasteiger partial charge in [-0.15, -0.1) is 0 Å². The molecule has 0 bridgehead atoms. The van der Waals surface area contributed by atoms with Gasteiger partial charge in [0.2, 0.25) is 5.91 Å². The molecule has 0 N–H and O–H groups in total. The second-order valence-electron chi connectivity index (χ2n) is 14.7. The summed E-state index contributed by atoms with van der Waals surface area (Å²) < 4.78 is 16.5. The number of carbonyl (C=O) groups excluding carboxylic acids is 2. The average molecular weight is 631 g/mol. The third kappa shape index (κ3) is 6.20. The number of aromatic nitrogens is 2. The first kappa shape index (κ1) is 32.6. The summed E-state index contributed by atoms with van der Waals surface area (Å²) >= 11 is 0. The van der Waals surface area contributed by atoms with Crippen molar-refractivity contribution in [1.29, 1.82) is 0 Å². The number of fused-ring (bicyclic) bond motifs is 1. The minimum Gasteiger partial charge on any atom is -0.340 e. The maximum atomic E-state index is 14.5. The van der Waals surface area contributed by atoms with Crippen LogP contribution in [0.25, 0.3) is 16.6 Å². The Morgan fingerprint density at radius 1 is 1.04 bits per heavy atom. The molecule has 3 fully saturated rings. The normalized spacial score (nSPS) is 21.9. The van der Waals surface area contributed by atoms with Gasteiger partial charge in [0.15, 0.2) is 0 Å². The number of halogens is 1. The van der Waals surface area contributed by atoms with Gasteiger partial charge < -0.3 is 14.4 Å². The molecule has 3 aliphatic rings. The van der Waals surface area contributed by atoms with Crippen LogP contribution in [0.4, 0.5) is 4.39 Å². The molecule has 9 heteroatoms. The van der Waals surface area contributed by atoms with Gasteiger partial charge in [-0.25, -0.2) is 4.39 Å². The monoisotopic (exact) mass is 630 g/mol. The van der Waals surface area contributed by atoms with Gasteiger partial charge in [0.25, 0.3) is 5.91 Å². The highest BCUT2D eigenvalue weighted by Crippen LogP contribution is 2.42. The summed E-state index contributed by atoms with van der Waals surface area (Å²) in [6, 6.07) is 5.76. The molecule has 2 amide bonds. The fourth-order valence-corrected chi connectivity index (χ4v) is 8.28. The third-order valence-electron chi connectivity index (χ3n) is 11.0. The van der Waals surface area contributed by atoms with E-state index in [-0.39, 0.29) is 17.9 Å². The van der Waals surface area contributed by atoms with Gasteiger partial charge >= 0.3 is 0 Å². The Morgan fingerprint density at radius 3 is 2.37 bits per heavy atom. The van der Waals surface area contributed by atoms with Crippen LogP contribution in [0, 0.1) is 30.5 Å². The van der Waals surface area contributed by atoms with Crippen molar-refractivity contribution < 1.29 is 14.0 Å². The van der Waals surface area contributed by atoms with E-state index in [0.29, 0.717) is 35.2 Å². The van der Waals surface area contributed by atoms with Crippen molar-refractivity contribution in [1.82, 2.24) is 29.2 Å². The molecule has 1 saturated carbocycles. The Balaban J connectivity index is 1.16. The summed E-state index contributed by atoms with van der Waals surface area (Å²) in [5.41, 5.74) is 4.36. The van der Waals surface area contributed by atoms with Crippen LogP contribution in [-0.4, -0.2) is 105 Å². The molecule has 2 aliphatic heterocycles. The third-order valence-corrected chi connectivity index (χ3v) is 11.0. The highest BCUT2D eigenvalue weighted by atomic mass is 19.1. The number of hydrogen-bond donors (Lipinski definition) is 0. The fraction of sp³-hybridized carbons (Fsp3) is 0.595. The van der Waals surface area contributed by atoms with Gasteiger partial charge in [0.1, 0.15) is 5.82 Å². The van der Waals surface area contributed by atoms with Crippen molar-refractivity contribution >= 4 is 22.7 Å². The number of aryl methyl sites for hydroxylation is 1. The van der Waals surface area contributed by atoms with Crippen LogP contribution in [0.1, 0.15) is 68.9 Å². The van der Waals surface area contributed by atoms with E-state index in [1.807, 2.05) is 35.7 Å². The first-order valence-corrected chi connectivity index (χ1v) is 17.2. The maximum Gasteiger partial charge on any atom is 0.256 e. The van der Waals surface area contributed by atoms with Gasteiger partial charge in [0.05, 0.1) is 23.0 Å². The molecule has 46 heavy (non-hydrogen) atoms. The standard InChI is InChI=1S/C37H51FN6O2/c1-23(2)36(28-15-31(16-28)42-12-10-41(11-13-42)26(6)45)43-20-27(21-43)14-29-22-44(34-19-39-18-25(5)35(29)34)33-9-8-30(38)17-32(33)37(46)40(7)24(3)4/h8-9,17-19,22-24,27-28,31,36H,10-16,20-21H2,1-7H3/t28?,31?,36-/m1/s1. The van der Waals surface area contributed by atoms with Crippen LogP contribution in [0.15, 0.2) is 36.8 Å². The van der Waals surface area contributed by atoms with E-state index in [4.69, 9.17) is 0 Å². The molecular formula is C37H51FN6O2. The van der Waals surface area contributed by atoms with Crippen molar-refractivity contribution in [3.8, 4) is 5.69 Å². The van der Waals surface area contributed by atoms with Crippen molar-refractivity contribution in [2.75, 3.05) is 46.3 Å². The van der Waals surface area contributed by atoms with Crippen molar-refractivity contribution in [2.24, 2.45) is 17.8 Å². The minimum atomic E-state index is -0.419. The lowest BCUT2D eigenvalue weighted by Gasteiger charge is -2.55. The van der Waals surface area contributed by atoms with Gasteiger partial charge in [0, 0.05) is 89.1 Å². The van der Waals surface area contributed by atoms with Gasteiger partial charge in [-0.3, -0.25) is 24.4 Å². The number of pyridine rings is 1. The molecule has 6 rings (SSSR count). The zero-order valence-electron chi connectivity index (χ0n) is 28.7. The van der Waals surface area contributed by atoms with E-state index >= 15 is 0 Å². The van der Waals surface area contributed by atoms with E-state index < -0.39 is 5.82 Å². The Morgan fingerprint density at radius 2 is 1.74 bits per heavy atom. The second-order valence-corrected chi connectivity index (χ2v) is 14.7. The van der Waals surface area contributed by atoms with E-state index in [1.54, 1.807) is 24.9 Å². The Labute approximate surface area is 273 Å². The van der Waals surface area contributed by atoms with Crippen molar-refractivity contribution in [3.05, 3.63) is 59.3 Å². The summed E-state index contributed by atoms with van der Waals surface area (Å²) in [5, 5.41) is 1.18. The number of benzene rings is 1. The molecule has 8 nitrogen and oxygen atoms in total. The largest absolute Gasteiger partial charge is 0.340 e. The SMILES string of the molecule is CC(=O)N1CCN(C2CC([C@@H](C(C)C)N3CC(Cc4cn(-c5ccc(F)cc5C(=O)N(C)C(C)C)c5cncc(C)c45)C3)C2)CC1. The lowest BCUT2D eigenvalue weighted by molar-refractivity contribution is -0.131. The number of piperazine rings is 1. The number of carbonyl (C=O) groups is 2. The Kier molecular flexibility index (Phi) is 9.27. The van der Waals surface area contributed by atoms with Crippen LogP contribution in [-0.2, 0) is 11.2 Å². The summed E-state index contributed by atoms with van der Waals surface area (Å²) in [4.78, 5) is 38.7. The molecule has 2 aromatic heterocycles. The van der Waals surface area contributed by atoms with Crippen LogP contribution < -0.4 is 0 Å². The zero-order chi connectivity index (χ0) is 32.9. The van der Waals surface area contributed by atoms with E-state index in [9.17, 15) is 14.0 Å². The minimum absolute atomic E-state index is 0.00462. The molecule has 0 spiro atoms. The van der Waals surface area contributed by atoms with Crippen LogP contribution >= 0.6 is 0 Å². The second kappa shape index (κ2) is 13.1. The van der Waals surface area contributed by atoms with Gasteiger partial charge in [-0.2, -0.15) is 0 Å². The molecule has 3 aromatic rings. The number of rotatable bonds is 9. The van der Waals surface area contributed by atoms with Gasteiger partial charge in [-0.05, 0) is 87.1 Å². The van der Waals surface area contributed by atoms with Crippen LogP contribution in [0.3, 0.4) is 0 Å². The average Bonchev–Trinajstić information content (AvgIpc) is 3.35. The highest BCUT2D eigenvalue weighted by molar-refractivity contribution is 5.99. The van der Waals surface area contributed by atoms with Gasteiger partial charge in [-0.1, -0.05) is 13.8 Å². The smallest absolute Gasteiger partial charge is 0.256 e. The topological polar surface area (TPSA) is 64.9 Å². The summed E-state index contributed by atoms with van der Waals surface area (Å²) in [7, 11) is 1.76. The Bertz CT molecular complexity index is 1580. The van der Waals surface area contributed by atoms with E-state index in [2.05, 4.69) is 41.8 Å². The number of likely N-dealkylation sites (tertiary alicyclic amines) is 1. The lowest BCUT2D eigenvalue weighted by Crippen LogP contribution is -2.62. The number of hydrogen-bond acceptors (Lipinski definition) is 5. The fourth-order valence-electron chi connectivity index (χ4n) is 8.28. The number of nitrogens with zero attached hydrogens (tertiary/aromatic N) is 6. The first-order valence-electron chi connectivity index (χ1n) is 17.2. The van der Waals surface area contributed by atoms with Crippen LogP contribution in [0.5, 0.6) is 0 Å². The number of amides is 2. The lowest BCUT2D eigenvalue weighted by atomic mass is 9.69. The van der Waals surface area contributed by atoms with Crippen molar-refractivity contribution in [2.45, 2.75) is 78.9 Å². The molecule has 1 atom stereocenters. The summed E-state index contributed by atoms with van der Waals surface area (Å²) in [6.07, 6.45) is 9.41. The molecule has 0 unspecified atom stereocenters. The molecule has 248 valence electrons. The predicted molar refractivity (Wildman–Crippen MR) is 181 cm³/mol. The summed E-state index contributed by atoms with van der Waals surface area (Å²) in [6.45, 7) is 18.3. The molecule has 0 radical (unpaired) electrons. The molecule has 4 heterocycles. The molecule has 1 aliphatic carbocycles. The van der Waals surface area contributed by atoms with E-state index in [1.165, 1.54) is 35.9 Å². The first-order chi connectivity index (χ1) is 21.9. The summed E-state index contributed by atoms with van der Waals surface area (Å²) in [5.74, 6) is 1.47. The molecular weight excluding hydrogens is 579 g/mol. The molecule has 1 aromatic carbocycles.